The maximum atomic E-state index is 12.0. The summed E-state index contributed by atoms with van der Waals surface area (Å²) in [5, 5.41) is 1.64. The van der Waals surface area contributed by atoms with Crippen LogP contribution in [0.1, 0.15) is 49.9 Å². The Morgan fingerprint density at radius 3 is 2.83 bits per heavy atom. The van der Waals surface area contributed by atoms with E-state index in [0.717, 1.165) is 47.0 Å². The highest BCUT2D eigenvalue weighted by atomic mass is 35.5. The van der Waals surface area contributed by atoms with E-state index < -0.39 is 16.2 Å². The molecule has 1 saturated carbocycles. The second kappa shape index (κ2) is 7.75. The predicted octanol–water partition coefficient (Wildman–Crippen LogP) is 4.20. The Bertz CT molecular complexity index is 1210. The zero-order valence-electron chi connectivity index (χ0n) is 16.8. The number of aromatic nitrogens is 3. The molecule has 5 rings (SSSR count). The number of hydrogen-bond acceptors (Lipinski definition) is 6. The lowest BCUT2D eigenvalue weighted by atomic mass is 9.84. The van der Waals surface area contributed by atoms with Crippen LogP contribution >= 0.6 is 11.6 Å². The van der Waals surface area contributed by atoms with E-state index in [9.17, 15) is 8.42 Å². The Morgan fingerprint density at radius 2 is 2.10 bits per heavy atom. The van der Waals surface area contributed by atoms with Gasteiger partial charge in [-0.05, 0) is 43.9 Å². The summed E-state index contributed by atoms with van der Waals surface area (Å²) in [6.45, 7) is 0.502. The minimum atomic E-state index is -3.59. The molecule has 2 atom stereocenters. The molecule has 0 unspecified atom stereocenters. The van der Waals surface area contributed by atoms with Crippen molar-refractivity contribution in [3.63, 3.8) is 0 Å². The number of imidazole rings is 1. The van der Waals surface area contributed by atoms with Crippen molar-refractivity contribution in [2.45, 2.75) is 50.2 Å². The van der Waals surface area contributed by atoms with Gasteiger partial charge >= 0.3 is 0 Å². The first-order chi connectivity index (χ1) is 14.4. The first kappa shape index (κ1) is 20.2. The highest BCUT2D eigenvalue weighted by Gasteiger charge is 2.34. The molecule has 160 valence electrons. The molecule has 0 spiro atoms. The molecule has 0 N–H and O–H groups in total. The van der Waals surface area contributed by atoms with Crippen LogP contribution in [0.5, 0.6) is 0 Å². The fourth-order valence-electron chi connectivity index (χ4n) is 4.60. The Kier molecular flexibility index (Phi) is 5.21. The molecule has 3 aromatic rings. The molecule has 1 saturated heterocycles. The molecular formula is C21H24ClN3O4S. The van der Waals surface area contributed by atoms with Crippen LogP contribution in [0.3, 0.4) is 0 Å². The van der Waals surface area contributed by atoms with Gasteiger partial charge in [0.2, 0.25) is 0 Å². The number of nitrogens with zero attached hydrogens (tertiary/aromatic N) is 3. The third-order valence-electron chi connectivity index (χ3n) is 6.32. The number of fused-ring (bicyclic) bond motifs is 3. The summed E-state index contributed by atoms with van der Waals surface area (Å²) >= 11 is 6.32. The van der Waals surface area contributed by atoms with Crippen molar-refractivity contribution in [1.29, 1.82) is 0 Å². The first-order valence-electron chi connectivity index (χ1n) is 10.3. The topological polar surface area (TPSA) is 83.3 Å². The van der Waals surface area contributed by atoms with Crippen LogP contribution in [0.15, 0.2) is 24.4 Å². The molecule has 2 aromatic heterocycles. The van der Waals surface area contributed by atoms with Crippen LogP contribution in [0.4, 0.5) is 0 Å². The summed E-state index contributed by atoms with van der Waals surface area (Å²) in [5.74, 6) is 1.36. The molecular weight excluding hydrogens is 426 g/mol. The van der Waals surface area contributed by atoms with Crippen molar-refractivity contribution in [1.82, 2.24) is 14.5 Å². The summed E-state index contributed by atoms with van der Waals surface area (Å²) in [7, 11) is -2.40. The van der Waals surface area contributed by atoms with Gasteiger partial charge in [0.15, 0.2) is 0 Å². The number of pyridine rings is 1. The second-order valence-electron chi connectivity index (χ2n) is 8.18. The average molecular weight is 450 g/mol. The van der Waals surface area contributed by atoms with Crippen molar-refractivity contribution < 1.29 is 17.3 Å². The minimum absolute atomic E-state index is 0.0981. The number of benzene rings is 1. The van der Waals surface area contributed by atoms with Gasteiger partial charge in [-0.3, -0.25) is 9.17 Å². The molecule has 1 aliphatic carbocycles. The van der Waals surface area contributed by atoms with Gasteiger partial charge < -0.3 is 9.30 Å². The van der Waals surface area contributed by atoms with Crippen LogP contribution < -0.4 is 0 Å². The molecule has 9 heteroatoms. The van der Waals surface area contributed by atoms with Crippen LogP contribution in [-0.2, 0) is 19.0 Å². The van der Waals surface area contributed by atoms with E-state index in [0.29, 0.717) is 24.0 Å². The molecule has 0 bridgehead atoms. The van der Waals surface area contributed by atoms with Crippen molar-refractivity contribution in [3.8, 4) is 0 Å². The zero-order valence-corrected chi connectivity index (χ0v) is 18.3. The maximum absolute atomic E-state index is 12.0. The highest BCUT2D eigenvalue weighted by Crippen LogP contribution is 2.42. The van der Waals surface area contributed by atoms with Gasteiger partial charge in [0, 0.05) is 29.0 Å². The lowest BCUT2D eigenvalue weighted by Crippen LogP contribution is -2.34. The van der Waals surface area contributed by atoms with Crippen molar-refractivity contribution in [3.05, 3.63) is 35.2 Å². The zero-order chi connectivity index (χ0) is 20.9. The number of ether oxygens (including phenoxy) is 1. The Hall–Kier alpha value is -1.74. The van der Waals surface area contributed by atoms with Crippen molar-refractivity contribution in [2.75, 3.05) is 19.5 Å². The van der Waals surface area contributed by atoms with E-state index in [-0.39, 0.29) is 11.8 Å². The molecule has 1 aliphatic heterocycles. The first-order valence-corrected chi connectivity index (χ1v) is 12.3. The fourth-order valence-corrected chi connectivity index (χ4v) is 5.59. The summed E-state index contributed by atoms with van der Waals surface area (Å²) in [4.78, 5) is 9.55. The third kappa shape index (κ3) is 3.60. The van der Waals surface area contributed by atoms with Gasteiger partial charge in [0.25, 0.3) is 10.1 Å². The van der Waals surface area contributed by atoms with Gasteiger partial charge in [0.1, 0.15) is 17.1 Å². The monoisotopic (exact) mass is 449 g/mol. The van der Waals surface area contributed by atoms with E-state index >= 15 is 0 Å². The smallest absolute Gasteiger partial charge is 0.269 e. The van der Waals surface area contributed by atoms with Gasteiger partial charge in [-0.15, -0.1) is 0 Å². The SMILES string of the molecule is COS(=O)(=O)C[C@H]1C[C@@H](n2c(C3CCC3)nc3cnc4ccc(Cl)cc4c32)CCO1. The molecule has 1 aromatic carbocycles. The van der Waals surface area contributed by atoms with E-state index in [1.54, 1.807) is 0 Å². The number of rotatable bonds is 5. The fraction of sp³-hybridized carbons (Fsp3) is 0.524. The normalized spacial score (nSPS) is 23.1. The Labute approximate surface area is 180 Å². The molecule has 2 fully saturated rings. The van der Waals surface area contributed by atoms with E-state index in [2.05, 4.69) is 13.7 Å². The summed E-state index contributed by atoms with van der Waals surface area (Å²) < 4.78 is 36.7. The van der Waals surface area contributed by atoms with Crippen molar-refractivity contribution in [2.24, 2.45) is 0 Å². The molecule has 0 radical (unpaired) electrons. The van der Waals surface area contributed by atoms with E-state index in [4.69, 9.17) is 21.3 Å². The summed E-state index contributed by atoms with van der Waals surface area (Å²) in [5.41, 5.74) is 2.77. The lowest BCUT2D eigenvalue weighted by molar-refractivity contribution is 0.00685. The Balaban J connectivity index is 1.63. The second-order valence-corrected chi connectivity index (χ2v) is 10.4. The van der Waals surface area contributed by atoms with Crippen molar-refractivity contribution >= 4 is 43.7 Å². The molecule has 30 heavy (non-hydrogen) atoms. The molecule has 7 nitrogen and oxygen atoms in total. The van der Waals surface area contributed by atoms with Gasteiger partial charge in [-0.25, -0.2) is 4.98 Å². The highest BCUT2D eigenvalue weighted by molar-refractivity contribution is 7.86. The Morgan fingerprint density at radius 1 is 1.27 bits per heavy atom. The average Bonchev–Trinajstić information content (AvgIpc) is 3.06. The van der Waals surface area contributed by atoms with Crippen LogP contribution in [0.25, 0.3) is 21.9 Å². The van der Waals surface area contributed by atoms with Gasteiger partial charge in [-0.2, -0.15) is 8.42 Å². The molecule has 2 aliphatic rings. The number of hydrogen-bond donors (Lipinski definition) is 0. The third-order valence-corrected chi connectivity index (χ3v) is 7.85. The number of halogens is 1. The van der Waals surface area contributed by atoms with Gasteiger partial charge in [0.05, 0.1) is 30.4 Å². The molecule has 3 heterocycles. The minimum Gasteiger partial charge on any atom is -0.377 e. The standard InChI is InChI=1S/C21H24ClN3O4S/c1-28-30(26,27)12-16-10-15(7-8-29-16)25-20-17-9-14(22)5-6-18(17)23-11-19(20)24-21(25)13-3-2-4-13/h5-6,9,11,13,15-16H,2-4,7-8,10,12H2,1H3/t15-,16+/m0/s1. The van der Waals surface area contributed by atoms with Gasteiger partial charge in [-0.1, -0.05) is 18.0 Å². The quantitative estimate of drug-likeness (QED) is 0.543. The van der Waals surface area contributed by atoms with E-state index in [1.807, 2.05) is 24.4 Å². The summed E-state index contributed by atoms with van der Waals surface area (Å²) in [6.07, 6.45) is 6.28. The van der Waals surface area contributed by atoms with Crippen LogP contribution in [0, 0.1) is 0 Å². The van der Waals surface area contributed by atoms with E-state index in [1.165, 1.54) is 13.5 Å². The lowest BCUT2D eigenvalue weighted by Gasteiger charge is -2.34. The molecule has 0 amide bonds. The predicted molar refractivity (Wildman–Crippen MR) is 115 cm³/mol. The summed E-state index contributed by atoms with van der Waals surface area (Å²) in [6, 6.07) is 5.81. The maximum Gasteiger partial charge on any atom is 0.269 e. The largest absolute Gasteiger partial charge is 0.377 e. The van der Waals surface area contributed by atoms with Crippen LogP contribution in [0.2, 0.25) is 5.02 Å². The van der Waals surface area contributed by atoms with Crippen LogP contribution in [-0.4, -0.2) is 48.5 Å².